The van der Waals surface area contributed by atoms with Gasteiger partial charge in [0, 0.05) is 6.42 Å². The number of rotatable bonds is 20. The summed E-state index contributed by atoms with van der Waals surface area (Å²) < 4.78 is 16.7. The molecule has 0 aliphatic heterocycles. The molecule has 0 aliphatic carbocycles. The zero-order chi connectivity index (χ0) is 24.4. The number of amides is 1. The first-order valence-electron chi connectivity index (χ1n) is 12.9. The van der Waals surface area contributed by atoms with E-state index in [-0.39, 0.29) is 5.91 Å². The minimum Gasteiger partial charge on any atom is -0.495 e. The van der Waals surface area contributed by atoms with E-state index in [1.807, 2.05) is 0 Å². The first kappa shape index (κ1) is 29.7. The molecule has 0 saturated carbocycles. The van der Waals surface area contributed by atoms with Crippen LogP contribution in [0.4, 0.5) is 5.69 Å². The fourth-order valence-corrected chi connectivity index (χ4v) is 4.81. The van der Waals surface area contributed by atoms with E-state index in [2.05, 4.69) is 12.2 Å². The summed E-state index contributed by atoms with van der Waals surface area (Å²) in [5.74, 6) is 0.256. The van der Waals surface area contributed by atoms with Crippen molar-refractivity contribution >= 4 is 19.2 Å². The van der Waals surface area contributed by atoms with Crippen LogP contribution in [0.25, 0.3) is 0 Å². The fourth-order valence-electron chi connectivity index (χ4n) is 4.10. The van der Waals surface area contributed by atoms with E-state index in [4.69, 9.17) is 4.74 Å². The highest BCUT2D eigenvalue weighted by Gasteiger charge is 2.20. The number of carbonyl (C=O) groups excluding carboxylic acids is 1. The van der Waals surface area contributed by atoms with Crippen molar-refractivity contribution in [2.45, 2.75) is 116 Å². The molecule has 0 aliphatic rings. The monoisotopic (exact) mass is 483 g/mol. The van der Waals surface area contributed by atoms with Crippen LogP contribution in [0.3, 0.4) is 0 Å². The molecule has 3 N–H and O–H groups in total. The van der Waals surface area contributed by atoms with Crippen molar-refractivity contribution in [1.82, 2.24) is 0 Å². The average Bonchev–Trinajstić information content (AvgIpc) is 2.76. The van der Waals surface area contributed by atoms with Crippen LogP contribution in [0.1, 0.15) is 115 Å². The lowest BCUT2D eigenvalue weighted by molar-refractivity contribution is -0.116. The van der Waals surface area contributed by atoms with Crippen molar-refractivity contribution in [3.8, 4) is 5.75 Å². The highest BCUT2D eigenvalue weighted by molar-refractivity contribution is 7.50. The van der Waals surface area contributed by atoms with Gasteiger partial charge in [0.25, 0.3) is 0 Å². The number of hydrogen-bond acceptors (Lipinski definition) is 3. The number of benzene rings is 1. The number of unbranched alkanes of at least 4 members (excludes halogenated alkanes) is 14. The molecule has 0 bridgehead atoms. The fraction of sp³-hybridized carbons (Fsp3) is 0.731. The van der Waals surface area contributed by atoms with Gasteiger partial charge in [-0.2, -0.15) is 0 Å². The van der Waals surface area contributed by atoms with Crippen molar-refractivity contribution in [2.24, 2.45) is 0 Å². The number of carbonyl (C=O) groups is 1. The molecule has 7 heteroatoms. The number of methoxy groups -OCH3 is 1. The van der Waals surface area contributed by atoms with Crippen LogP contribution in [0.15, 0.2) is 18.2 Å². The van der Waals surface area contributed by atoms with Gasteiger partial charge in [0.2, 0.25) is 5.91 Å². The quantitative estimate of drug-likeness (QED) is 0.131. The van der Waals surface area contributed by atoms with Gasteiger partial charge in [0.15, 0.2) is 0 Å². The summed E-state index contributed by atoms with van der Waals surface area (Å²) in [7, 11) is -2.78. The van der Waals surface area contributed by atoms with Crippen molar-refractivity contribution in [1.29, 1.82) is 0 Å². The van der Waals surface area contributed by atoms with E-state index < -0.39 is 13.8 Å². The van der Waals surface area contributed by atoms with Crippen LogP contribution in [-0.4, -0.2) is 22.8 Å². The second-order valence-electron chi connectivity index (χ2n) is 9.07. The summed E-state index contributed by atoms with van der Waals surface area (Å²) in [6.45, 7) is 2.26. The molecule has 1 rings (SSSR count). The number of nitrogens with one attached hydrogen (secondary N) is 1. The van der Waals surface area contributed by atoms with Crippen LogP contribution in [0.5, 0.6) is 5.75 Å². The zero-order valence-electron chi connectivity index (χ0n) is 20.8. The van der Waals surface area contributed by atoms with Gasteiger partial charge >= 0.3 is 7.60 Å². The van der Waals surface area contributed by atoms with Gasteiger partial charge in [-0.1, -0.05) is 109 Å². The highest BCUT2D eigenvalue weighted by atomic mass is 31.2. The molecular formula is C26H46NO5P. The van der Waals surface area contributed by atoms with Crippen LogP contribution in [0, 0.1) is 0 Å². The third-order valence-corrected chi connectivity index (χ3v) is 6.73. The maximum atomic E-state index is 12.4. The van der Waals surface area contributed by atoms with Gasteiger partial charge in [0.1, 0.15) is 5.75 Å². The standard InChI is InChI=1S/C26H46NO5P/c1-3-4-5-6-7-8-9-10-11-12-13-14-15-16-17-21-25(28)27-26-23(22-33(29,30)31)19-18-20-24(26)32-2/h18-20H,3-17,21-22H2,1-2H3,(H,27,28)(H2,29,30,31). The van der Waals surface area contributed by atoms with Gasteiger partial charge in [-0.15, -0.1) is 0 Å². The number of anilines is 1. The summed E-state index contributed by atoms with van der Waals surface area (Å²) in [4.78, 5) is 31.0. The molecule has 0 spiro atoms. The Morgan fingerprint density at radius 2 is 1.33 bits per heavy atom. The molecule has 0 unspecified atom stereocenters. The van der Waals surface area contributed by atoms with Crippen LogP contribution < -0.4 is 10.1 Å². The van der Waals surface area contributed by atoms with E-state index in [1.165, 1.54) is 84.2 Å². The Labute approximate surface area is 201 Å². The lowest BCUT2D eigenvalue weighted by Crippen LogP contribution is -2.13. The molecular weight excluding hydrogens is 437 g/mol. The van der Waals surface area contributed by atoms with Crippen LogP contribution in [0.2, 0.25) is 0 Å². The van der Waals surface area contributed by atoms with Crippen LogP contribution >= 0.6 is 7.60 Å². The Bertz CT molecular complexity index is 704. The van der Waals surface area contributed by atoms with Crippen molar-refractivity contribution in [3.63, 3.8) is 0 Å². The summed E-state index contributed by atoms with van der Waals surface area (Å²) in [6.07, 6.45) is 19.1. The second-order valence-corrected chi connectivity index (χ2v) is 10.7. The number of ether oxygens (including phenoxy) is 1. The molecule has 1 aromatic carbocycles. The summed E-state index contributed by atoms with van der Waals surface area (Å²) in [5, 5.41) is 2.79. The van der Waals surface area contributed by atoms with E-state index in [1.54, 1.807) is 18.2 Å². The molecule has 6 nitrogen and oxygen atoms in total. The third-order valence-electron chi connectivity index (χ3n) is 5.98. The lowest BCUT2D eigenvalue weighted by Gasteiger charge is -2.15. The maximum Gasteiger partial charge on any atom is 0.329 e. The largest absolute Gasteiger partial charge is 0.495 e. The van der Waals surface area contributed by atoms with Crippen LogP contribution in [-0.2, 0) is 15.5 Å². The Balaban J connectivity index is 2.13. The minimum absolute atomic E-state index is 0.152. The normalized spacial score (nSPS) is 11.5. The third kappa shape index (κ3) is 15.2. The Morgan fingerprint density at radius 1 is 0.848 bits per heavy atom. The van der Waals surface area contributed by atoms with Gasteiger partial charge in [-0.25, -0.2) is 0 Å². The summed E-state index contributed by atoms with van der Waals surface area (Å²) >= 11 is 0. The molecule has 190 valence electrons. The lowest BCUT2D eigenvalue weighted by atomic mass is 10.0. The second kappa shape index (κ2) is 18.0. The maximum absolute atomic E-state index is 12.4. The molecule has 0 fully saturated rings. The Hall–Kier alpha value is -1.36. The molecule has 33 heavy (non-hydrogen) atoms. The van der Waals surface area contributed by atoms with Gasteiger partial charge in [-0.05, 0) is 18.1 Å². The van der Waals surface area contributed by atoms with Crippen molar-refractivity contribution in [3.05, 3.63) is 23.8 Å². The average molecular weight is 484 g/mol. The zero-order valence-corrected chi connectivity index (χ0v) is 21.7. The SMILES string of the molecule is CCCCCCCCCCCCCCCCCC(=O)Nc1c(CP(=O)(O)O)cccc1OC. The molecule has 0 aromatic heterocycles. The van der Waals surface area contributed by atoms with E-state index in [0.717, 1.165) is 19.3 Å². The Morgan fingerprint density at radius 3 is 1.79 bits per heavy atom. The van der Waals surface area contributed by atoms with Crippen molar-refractivity contribution in [2.75, 3.05) is 12.4 Å². The summed E-state index contributed by atoms with van der Waals surface area (Å²) in [5.41, 5.74) is 0.738. The van der Waals surface area contributed by atoms with Crippen molar-refractivity contribution < 1.29 is 23.9 Å². The first-order chi connectivity index (χ1) is 15.9. The number of hydrogen-bond donors (Lipinski definition) is 3. The first-order valence-corrected chi connectivity index (χ1v) is 14.7. The predicted octanol–water partition coefficient (Wildman–Crippen LogP) is 7.57. The van der Waals surface area contributed by atoms with Gasteiger partial charge in [-0.3, -0.25) is 9.36 Å². The molecule has 0 saturated heterocycles. The molecule has 0 atom stereocenters. The van der Waals surface area contributed by atoms with Gasteiger partial charge in [0.05, 0.1) is 19.0 Å². The topological polar surface area (TPSA) is 95.9 Å². The van der Waals surface area contributed by atoms with E-state index >= 15 is 0 Å². The smallest absolute Gasteiger partial charge is 0.329 e. The van der Waals surface area contributed by atoms with E-state index in [0.29, 0.717) is 23.4 Å². The van der Waals surface area contributed by atoms with Gasteiger partial charge < -0.3 is 19.8 Å². The highest BCUT2D eigenvalue weighted by Crippen LogP contribution is 2.43. The molecule has 1 amide bonds. The Kier molecular flexibility index (Phi) is 16.2. The molecule has 1 aromatic rings. The number of para-hydroxylation sites is 1. The molecule has 0 radical (unpaired) electrons. The van der Waals surface area contributed by atoms with E-state index in [9.17, 15) is 19.1 Å². The summed E-state index contributed by atoms with van der Waals surface area (Å²) in [6, 6.07) is 4.94. The molecule has 0 heterocycles. The minimum atomic E-state index is -4.25. The predicted molar refractivity (Wildman–Crippen MR) is 137 cm³/mol.